The summed E-state index contributed by atoms with van der Waals surface area (Å²) in [6.07, 6.45) is 1.20. The molecule has 1 N–H and O–H groups in total. The van der Waals surface area contributed by atoms with Crippen LogP contribution in [-0.4, -0.2) is 32.1 Å². The van der Waals surface area contributed by atoms with Crippen molar-refractivity contribution in [1.29, 1.82) is 0 Å². The molecule has 19 heavy (non-hydrogen) atoms. The minimum absolute atomic E-state index is 0.150. The van der Waals surface area contributed by atoms with E-state index in [0.717, 1.165) is 17.4 Å². The molecule has 0 aromatic heterocycles. The van der Waals surface area contributed by atoms with E-state index in [2.05, 4.69) is 21.2 Å². The Hall–Kier alpha value is -0.490. The topological polar surface area (TPSA) is 30.5 Å². The van der Waals surface area contributed by atoms with Crippen LogP contribution in [0.25, 0.3) is 0 Å². The molecule has 106 valence electrons. The standard InChI is InChI=1S/C14H19BrFNO2/c1-2-17-12(9-14-18-5-6-19-14)8-10-7-11(15)3-4-13(10)16/h3-4,7,12,14,17H,2,5-6,8-9H2,1H3. The third-order valence-corrected chi connectivity index (χ3v) is 3.63. The summed E-state index contributed by atoms with van der Waals surface area (Å²) in [5.41, 5.74) is 0.707. The fraction of sp³-hybridized carbons (Fsp3) is 0.571. The van der Waals surface area contributed by atoms with Crippen LogP contribution in [0.15, 0.2) is 22.7 Å². The molecule has 0 aliphatic carbocycles. The Balaban J connectivity index is 2.00. The van der Waals surface area contributed by atoms with Gasteiger partial charge in [0.2, 0.25) is 0 Å². The van der Waals surface area contributed by atoms with Gasteiger partial charge < -0.3 is 14.8 Å². The maximum Gasteiger partial charge on any atom is 0.159 e. The molecule has 3 nitrogen and oxygen atoms in total. The van der Waals surface area contributed by atoms with E-state index in [1.54, 1.807) is 6.07 Å². The first-order valence-electron chi connectivity index (χ1n) is 6.59. The number of nitrogens with one attached hydrogen (secondary N) is 1. The Morgan fingerprint density at radius 2 is 2.16 bits per heavy atom. The van der Waals surface area contributed by atoms with Crippen LogP contribution in [0, 0.1) is 5.82 Å². The quantitative estimate of drug-likeness (QED) is 0.869. The largest absolute Gasteiger partial charge is 0.350 e. The van der Waals surface area contributed by atoms with Gasteiger partial charge in [-0.05, 0) is 36.7 Å². The summed E-state index contributed by atoms with van der Waals surface area (Å²) >= 11 is 3.38. The molecule has 1 saturated heterocycles. The summed E-state index contributed by atoms with van der Waals surface area (Å²) in [5.74, 6) is -0.167. The number of likely N-dealkylation sites (N-methyl/N-ethyl adjacent to an activating group) is 1. The summed E-state index contributed by atoms with van der Waals surface area (Å²) in [7, 11) is 0. The van der Waals surface area contributed by atoms with Crippen LogP contribution in [-0.2, 0) is 15.9 Å². The molecule has 1 heterocycles. The normalized spacial score (nSPS) is 17.8. The Kier molecular flexibility index (Phi) is 5.76. The number of benzene rings is 1. The first kappa shape index (κ1) is 14.9. The van der Waals surface area contributed by atoms with Gasteiger partial charge in [0.1, 0.15) is 5.82 Å². The lowest BCUT2D eigenvalue weighted by molar-refractivity contribution is -0.0526. The number of ether oxygens (including phenoxy) is 2. The average Bonchev–Trinajstić information content (AvgIpc) is 2.87. The molecule has 0 saturated carbocycles. The van der Waals surface area contributed by atoms with Crippen LogP contribution in [0.2, 0.25) is 0 Å². The van der Waals surface area contributed by atoms with Crippen molar-refractivity contribution < 1.29 is 13.9 Å². The molecular formula is C14H19BrFNO2. The van der Waals surface area contributed by atoms with E-state index < -0.39 is 0 Å². The summed E-state index contributed by atoms with van der Waals surface area (Å²) < 4.78 is 25.6. The van der Waals surface area contributed by atoms with Gasteiger partial charge in [-0.2, -0.15) is 0 Å². The van der Waals surface area contributed by atoms with Gasteiger partial charge in [0.05, 0.1) is 13.2 Å². The van der Waals surface area contributed by atoms with Crippen molar-refractivity contribution in [2.45, 2.75) is 32.1 Å². The molecule has 1 atom stereocenters. The van der Waals surface area contributed by atoms with Crippen molar-refractivity contribution in [3.63, 3.8) is 0 Å². The van der Waals surface area contributed by atoms with Gasteiger partial charge in [-0.3, -0.25) is 0 Å². The number of hydrogen-bond acceptors (Lipinski definition) is 3. The summed E-state index contributed by atoms with van der Waals surface area (Å²) in [5, 5.41) is 3.36. The van der Waals surface area contributed by atoms with Gasteiger partial charge in [0, 0.05) is 16.9 Å². The second-order valence-electron chi connectivity index (χ2n) is 4.60. The molecule has 1 fully saturated rings. The molecule has 1 aromatic carbocycles. The second-order valence-corrected chi connectivity index (χ2v) is 5.52. The lowest BCUT2D eigenvalue weighted by Gasteiger charge is -2.21. The fourth-order valence-corrected chi connectivity index (χ4v) is 2.68. The number of halogens is 2. The van der Waals surface area contributed by atoms with E-state index in [4.69, 9.17) is 9.47 Å². The van der Waals surface area contributed by atoms with Crippen LogP contribution in [0.5, 0.6) is 0 Å². The van der Waals surface area contributed by atoms with Gasteiger partial charge in [-0.25, -0.2) is 4.39 Å². The van der Waals surface area contributed by atoms with Crippen molar-refractivity contribution in [1.82, 2.24) is 5.32 Å². The van der Waals surface area contributed by atoms with Crippen LogP contribution >= 0.6 is 15.9 Å². The monoisotopic (exact) mass is 331 g/mol. The molecule has 5 heteroatoms. The van der Waals surface area contributed by atoms with Crippen molar-refractivity contribution in [3.05, 3.63) is 34.1 Å². The number of rotatable bonds is 6. The van der Waals surface area contributed by atoms with Crippen LogP contribution < -0.4 is 5.32 Å². The molecule has 1 aliphatic heterocycles. The molecule has 2 rings (SSSR count). The van der Waals surface area contributed by atoms with E-state index in [9.17, 15) is 4.39 Å². The van der Waals surface area contributed by atoms with Crippen molar-refractivity contribution >= 4 is 15.9 Å². The van der Waals surface area contributed by atoms with Gasteiger partial charge >= 0.3 is 0 Å². The lowest BCUT2D eigenvalue weighted by atomic mass is 10.0. The summed E-state index contributed by atoms with van der Waals surface area (Å²) in [6, 6.07) is 5.18. The predicted molar refractivity (Wildman–Crippen MR) is 75.6 cm³/mol. The third kappa shape index (κ3) is 4.53. The van der Waals surface area contributed by atoms with Crippen molar-refractivity contribution in [3.8, 4) is 0 Å². The Labute approximate surface area is 121 Å². The molecule has 0 bridgehead atoms. The van der Waals surface area contributed by atoms with E-state index in [1.165, 1.54) is 6.07 Å². The highest BCUT2D eigenvalue weighted by Gasteiger charge is 2.22. The van der Waals surface area contributed by atoms with E-state index in [0.29, 0.717) is 25.2 Å². The molecule has 0 amide bonds. The zero-order chi connectivity index (χ0) is 13.7. The zero-order valence-electron chi connectivity index (χ0n) is 11.0. The maximum absolute atomic E-state index is 13.8. The SMILES string of the molecule is CCNC(Cc1cc(Br)ccc1F)CC1OCCO1. The van der Waals surface area contributed by atoms with E-state index in [1.807, 2.05) is 13.0 Å². The highest BCUT2D eigenvalue weighted by Crippen LogP contribution is 2.19. The summed E-state index contributed by atoms with van der Waals surface area (Å²) in [4.78, 5) is 0. The van der Waals surface area contributed by atoms with Gasteiger partial charge in [-0.1, -0.05) is 22.9 Å². The van der Waals surface area contributed by atoms with Gasteiger partial charge in [0.25, 0.3) is 0 Å². The first-order valence-corrected chi connectivity index (χ1v) is 7.39. The van der Waals surface area contributed by atoms with Crippen molar-refractivity contribution in [2.24, 2.45) is 0 Å². The minimum Gasteiger partial charge on any atom is -0.350 e. The highest BCUT2D eigenvalue weighted by molar-refractivity contribution is 9.10. The lowest BCUT2D eigenvalue weighted by Crippen LogP contribution is -2.35. The predicted octanol–water partition coefficient (Wildman–Crippen LogP) is 2.87. The average molecular weight is 332 g/mol. The Morgan fingerprint density at radius 3 is 2.84 bits per heavy atom. The maximum atomic E-state index is 13.8. The highest BCUT2D eigenvalue weighted by atomic mass is 79.9. The molecular weight excluding hydrogens is 313 g/mol. The van der Waals surface area contributed by atoms with E-state index in [-0.39, 0.29) is 18.1 Å². The minimum atomic E-state index is -0.167. The number of hydrogen-bond donors (Lipinski definition) is 1. The third-order valence-electron chi connectivity index (χ3n) is 3.13. The zero-order valence-corrected chi connectivity index (χ0v) is 12.6. The van der Waals surface area contributed by atoms with Gasteiger partial charge in [0.15, 0.2) is 6.29 Å². The molecule has 1 aromatic rings. The van der Waals surface area contributed by atoms with Crippen LogP contribution in [0.1, 0.15) is 18.9 Å². The first-order chi connectivity index (χ1) is 9.19. The molecule has 0 spiro atoms. The van der Waals surface area contributed by atoms with Crippen LogP contribution in [0.3, 0.4) is 0 Å². The molecule has 1 unspecified atom stereocenters. The molecule has 1 aliphatic rings. The van der Waals surface area contributed by atoms with E-state index >= 15 is 0 Å². The summed E-state index contributed by atoms with van der Waals surface area (Å²) in [6.45, 7) is 4.18. The fourth-order valence-electron chi connectivity index (χ4n) is 2.27. The molecule has 0 radical (unpaired) electrons. The Bertz CT molecular complexity index is 410. The smallest absolute Gasteiger partial charge is 0.159 e. The second kappa shape index (κ2) is 7.33. The van der Waals surface area contributed by atoms with Crippen LogP contribution in [0.4, 0.5) is 4.39 Å². The van der Waals surface area contributed by atoms with Crippen molar-refractivity contribution in [2.75, 3.05) is 19.8 Å². The van der Waals surface area contributed by atoms with Gasteiger partial charge in [-0.15, -0.1) is 0 Å². The Morgan fingerprint density at radius 1 is 1.42 bits per heavy atom.